The van der Waals surface area contributed by atoms with Crippen LogP contribution in [0, 0.1) is 5.92 Å². The molecule has 2 aliphatic rings. The maximum atomic E-state index is 4.57. The fourth-order valence-electron chi connectivity index (χ4n) is 3.88. The number of piperidine rings is 1. The Balaban J connectivity index is 1.61. The summed E-state index contributed by atoms with van der Waals surface area (Å²) in [5, 5.41) is 7.52. The normalized spacial score (nSPS) is 29.8. The Morgan fingerprint density at radius 2 is 2.38 bits per heavy atom. The molecule has 6 nitrogen and oxygen atoms in total. The van der Waals surface area contributed by atoms with Crippen LogP contribution in [0.25, 0.3) is 0 Å². The van der Waals surface area contributed by atoms with Crippen LogP contribution in [-0.4, -0.2) is 56.9 Å². The molecule has 112 valence electrons. The molecule has 2 saturated heterocycles. The van der Waals surface area contributed by atoms with Gasteiger partial charge in [0.1, 0.15) is 12.7 Å². The summed E-state index contributed by atoms with van der Waals surface area (Å²) in [5.74, 6) is 0.737. The second-order valence-corrected chi connectivity index (χ2v) is 6.98. The molecule has 2 aromatic heterocycles. The van der Waals surface area contributed by atoms with Gasteiger partial charge in [-0.1, -0.05) is 0 Å². The molecule has 2 fully saturated rings. The Kier molecular flexibility index (Phi) is 3.39. The van der Waals surface area contributed by atoms with E-state index in [4.69, 9.17) is 0 Å². The molecule has 0 bridgehead atoms. The number of rotatable bonds is 3. The highest BCUT2D eigenvalue weighted by Gasteiger charge is 2.44. The van der Waals surface area contributed by atoms with E-state index < -0.39 is 0 Å². The lowest BCUT2D eigenvalue weighted by molar-refractivity contribution is 0.202. The molecule has 2 aromatic rings. The molecule has 0 spiro atoms. The maximum absolute atomic E-state index is 4.57. The van der Waals surface area contributed by atoms with Crippen LogP contribution in [0.15, 0.2) is 24.2 Å². The molecular formula is C14H20N6S. The van der Waals surface area contributed by atoms with Gasteiger partial charge in [0.25, 0.3) is 0 Å². The highest BCUT2D eigenvalue weighted by molar-refractivity contribution is 7.13. The number of thiazole rings is 1. The van der Waals surface area contributed by atoms with Gasteiger partial charge in [-0.3, -0.25) is 4.68 Å². The standard InChI is InChI=1S/C14H20N6S/c1-18-4-2-13-11(7-18)6-12(8-19-10-15-9-17-19)20(13)14-16-3-5-21-14/h3,5,9-13H,2,4,6-8H2,1H3/t11-,12+,13+/m0/s1. The zero-order valence-corrected chi connectivity index (χ0v) is 13.0. The topological polar surface area (TPSA) is 50.1 Å². The van der Waals surface area contributed by atoms with E-state index in [1.807, 2.05) is 17.2 Å². The van der Waals surface area contributed by atoms with Crippen molar-refractivity contribution in [1.82, 2.24) is 24.6 Å². The summed E-state index contributed by atoms with van der Waals surface area (Å²) >= 11 is 1.75. The van der Waals surface area contributed by atoms with Gasteiger partial charge < -0.3 is 9.80 Å². The summed E-state index contributed by atoms with van der Waals surface area (Å²) in [6, 6.07) is 1.10. The molecule has 0 aromatic carbocycles. The summed E-state index contributed by atoms with van der Waals surface area (Å²) in [5.41, 5.74) is 0. The summed E-state index contributed by atoms with van der Waals surface area (Å²) in [6.07, 6.45) is 7.79. The van der Waals surface area contributed by atoms with Crippen molar-refractivity contribution in [2.24, 2.45) is 5.92 Å². The van der Waals surface area contributed by atoms with Crippen molar-refractivity contribution in [3.8, 4) is 0 Å². The zero-order valence-electron chi connectivity index (χ0n) is 12.2. The molecule has 7 heteroatoms. The average Bonchev–Trinajstić information content (AvgIpc) is 3.17. The minimum Gasteiger partial charge on any atom is -0.340 e. The second kappa shape index (κ2) is 5.38. The van der Waals surface area contributed by atoms with Gasteiger partial charge in [-0.25, -0.2) is 9.97 Å². The molecule has 0 amide bonds. The number of fused-ring (bicyclic) bond motifs is 1. The molecule has 0 radical (unpaired) electrons. The van der Waals surface area contributed by atoms with E-state index in [2.05, 4.69) is 37.3 Å². The van der Waals surface area contributed by atoms with Crippen LogP contribution in [-0.2, 0) is 6.54 Å². The Hall–Kier alpha value is -1.47. The van der Waals surface area contributed by atoms with Crippen LogP contribution in [0.2, 0.25) is 0 Å². The van der Waals surface area contributed by atoms with Gasteiger partial charge >= 0.3 is 0 Å². The first-order valence-electron chi connectivity index (χ1n) is 7.50. The number of likely N-dealkylation sites (tertiary alicyclic amines) is 1. The van der Waals surface area contributed by atoms with E-state index in [-0.39, 0.29) is 0 Å². The third-order valence-corrected chi connectivity index (χ3v) is 5.51. The second-order valence-electron chi connectivity index (χ2n) is 6.11. The predicted molar refractivity (Wildman–Crippen MR) is 82.4 cm³/mol. The lowest BCUT2D eigenvalue weighted by atomic mass is 9.92. The van der Waals surface area contributed by atoms with Crippen LogP contribution in [0.3, 0.4) is 0 Å². The third kappa shape index (κ3) is 2.44. The first kappa shape index (κ1) is 13.2. The van der Waals surface area contributed by atoms with Crippen molar-refractivity contribution in [2.45, 2.75) is 31.5 Å². The number of hydrogen-bond donors (Lipinski definition) is 0. The van der Waals surface area contributed by atoms with Crippen molar-refractivity contribution in [3.05, 3.63) is 24.2 Å². The van der Waals surface area contributed by atoms with Gasteiger partial charge in [0.2, 0.25) is 0 Å². The monoisotopic (exact) mass is 304 g/mol. The van der Waals surface area contributed by atoms with Crippen LogP contribution in [0.4, 0.5) is 5.13 Å². The van der Waals surface area contributed by atoms with Gasteiger partial charge in [0.05, 0.1) is 12.6 Å². The zero-order chi connectivity index (χ0) is 14.2. The minimum atomic E-state index is 0.472. The third-order valence-electron chi connectivity index (χ3n) is 4.73. The minimum absolute atomic E-state index is 0.472. The quantitative estimate of drug-likeness (QED) is 0.856. The van der Waals surface area contributed by atoms with Crippen molar-refractivity contribution < 1.29 is 0 Å². The number of nitrogens with zero attached hydrogens (tertiary/aromatic N) is 6. The fraction of sp³-hybridized carbons (Fsp3) is 0.643. The van der Waals surface area contributed by atoms with E-state index in [0.717, 1.165) is 17.6 Å². The maximum Gasteiger partial charge on any atom is 0.185 e. The summed E-state index contributed by atoms with van der Waals surface area (Å²) in [7, 11) is 2.23. The fourth-order valence-corrected chi connectivity index (χ4v) is 4.65. The van der Waals surface area contributed by atoms with E-state index in [1.54, 1.807) is 17.7 Å². The van der Waals surface area contributed by atoms with E-state index in [9.17, 15) is 0 Å². The van der Waals surface area contributed by atoms with Gasteiger partial charge in [-0.2, -0.15) is 5.10 Å². The van der Waals surface area contributed by atoms with Crippen LogP contribution in [0.5, 0.6) is 0 Å². The lowest BCUT2D eigenvalue weighted by Crippen LogP contribution is -2.46. The average molecular weight is 304 g/mol. The van der Waals surface area contributed by atoms with E-state index >= 15 is 0 Å². The molecule has 0 saturated carbocycles. The van der Waals surface area contributed by atoms with E-state index in [0.29, 0.717) is 12.1 Å². The molecule has 4 heterocycles. The van der Waals surface area contributed by atoms with Crippen molar-refractivity contribution in [3.63, 3.8) is 0 Å². The SMILES string of the molecule is CN1CC[C@@H]2[C@@H](C[C@H](Cn3cncn3)N2c2nccs2)C1. The molecule has 4 rings (SSSR count). The predicted octanol–water partition coefficient (Wildman–Crippen LogP) is 1.33. The van der Waals surface area contributed by atoms with Crippen LogP contribution < -0.4 is 4.90 Å². The largest absolute Gasteiger partial charge is 0.340 e. The van der Waals surface area contributed by atoms with E-state index in [1.165, 1.54) is 25.9 Å². The molecular weight excluding hydrogens is 284 g/mol. The molecule has 3 atom stereocenters. The van der Waals surface area contributed by atoms with Crippen molar-refractivity contribution in [1.29, 1.82) is 0 Å². The Morgan fingerprint density at radius 3 is 3.14 bits per heavy atom. The van der Waals surface area contributed by atoms with Crippen LogP contribution in [0.1, 0.15) is 12.8 Å². The Bertz CT molecular complexity index is 568. The molecule has 0 aliphatic carbocycles. The Labute approximate surface area is 128 Å². The number of anilines is 1. The van der Waals surface area contributed by atoms with Crippen molar-refractivity contribution in [2.75, 3.05) is 25.0 Å². The van der Waals surface area contributed by atoms with Crippen LogP contribution >= 0.6 is 11.3 Å². The molecule has 2 aliphatic heterocycles. The van der Waals surface area contributed by atoms with Gasteiger partial charge in [0, 0.05) is 24.2 Å². The molecule has 21 heavy (non-hydrogen) atoms. The number of aromatic nitrogens is 4. The van der Waals surface area contributed by atoms with Gasteiger partial charge in [0.15, 0.2) is 5.13 Å². The van der Waals surface area contributed by atoms with Gasteiger partial charge in [-0.05, 0) is 32.4 Å². The van der Waals surface area contributed by atoms with Gasteiger partial charge in [-0.15, -0.1) is 11.3 Å². The number of hydrogen-bond acceptors (Lipinski definition) is 6. The highest BCUT2D eigenvalue weighted by atomic mass is 32.1. The first-order chi connectivity index (χ1) is 10.3. The Morgan fingerprint density at radius 1 is 1.43 bits per heavy atom. The summed E-state index contributed by atoms with van der Waals surface area (Å²) < 4.78 is 1.95. The highest BCUT2D eigenvalue weighted by Crippen LogP contribution is 2.39. The van der Waals surface area contributed by atoms with Crippen molar-refractivity contribution >= 4 is 16.5 Å². The first-order valence-corrected chi connectivity index (χ1v) is 8.38. The molecule has 0 N–H and O–H groups in total. The summed E-state index contributed by atoms with van der Waals surface area (Å²) in [6.45, 7) is 3.27. The lowest BCUT2D eigenvalue weighted by Gasteiger charge is -2.37. The molecule has 0 unspecified atom stereocenters. The smallest absolute Gasteiger partial charge is 0.185 e. The summed E-state index contributed by atoms with van der Waals surface area (Å²) in [4.78, 5) is 13.7.